The van der Waals surface area contributed by atoms with Crippen molar-refractivity contribution in [3.63, 3.8) is 0 Å². The second-order valence-corrected chi connectivity index (χ2v) is 17.9. The molecule has 3 heteroatoms. The lowest BCUT2D eigenvalue weighted by atomic mass is 9.69. The first-order valence-electron chi connectivity index (χ1n) is 22.5. The fraction of sp³-hybridized carbons (Fsp3) is 0.197. The summed E-state index contributed by atoms with van der Waals surface area (Å²) < 4.78 is 6.71. The molecular formula is C61H62N3+3. The summed E-state index contributed by atoms with van der Waals surface area (Å²) in [7, 11) is 6.40. The second-order valence-electron chi connectivity index (χ2n) is 17.9. The van der Waals surface area contributed by atoms with Crippen LogP contribution in [0.15, 0.2) is 195 Å². The van der Waals surface area contributed by atoms with Crippen LogP contribution in [0.5, 0.6) is 0 Å². The molecular weight excluding hydrogens is 775 g/mol. The number of fused-ring (bicyclic) bond motifs is 1. The quantitative estimate of drug-likeness (QED) is 0.135. The molecule has 2 atom stereocenters. The van der Waals surface area contributed by atoms with Gasteiger partial charge >= 0.3 is 0 Å². The second kappa shape index (κ2) is 18.0. The highest BCUT2D eigenvalue weighted by molar-refractivity contribution is 5.99. The zero-order chi connectivity index (χ0) is 45.2. The maximum atomic E-state index is 2.38. The lowest BCUT2D eigenvalue weighted by Gasteiger charge is -2.32. The van der Waals surface area contributed by atoms with Gasteiger partial charge in [0.25, 0.3) is 0 Å². The zero-order valence-electron chi connectivity index (χ0n) is 39.3. The molecule has 3 aromatic heterocycles. The van der Waals surface area contributed by atoms with E-state index in [1.165, 1.54) is 94.6 Å². The predicted molar refractivity (Wildman–Crippen MR) is 265 cm³/mol. The summed E-state index contributed by atoms with van der Waals surface area (Å²) >= 11 is 0. The van der Waals surface area contributed by atoms with E-state index in [0.717, 1.165) is 0 Å². The fourth-order valence-corrected chi connectivity index (χ4v) is 10.6. The molecule has 0 saturated carbocycles. The summed E-state index contributed by atoms with van der Waals surface area (Å²) in [5, 5.41) is 2.59. The van der Waals surface area contributed by atoms with Gasteiger partial charge in [-0.05, 0) is 133 Å². The molecule has 2 unspecified atom stereocenters. The Balaban J connectivity index is 0.000000176. The molecule has 0 amide bonds. The minimum atomic E-state index is -0.306. The van der Waals surface area contributed by atoms with Gasteiger partial charge in [0.2, 0.25) is 5.69 Å². The lowest BCUT2D eigenvalue weighted by Crippen LogP contribution is -2.43. The van der Waals surface area contributed by atoms with Crippen LogP contribution in [0, 0.1) is 34.6 Å². The summed E-state index contributed by atoms with van der Waals surface area (Å²) in [6, 6.07) is 63.7. The maximum absolute atomic E-state index is 2.38. The van der Waals surface area contributed by atoms with Crippen molar-refractivity contribution in [1.82, 2.24) is 0 Å². The Hall–Kier alpha value is -6.97. The van der Waals surface area contributed by atoms with Gasteiger partial charge in [-0.25, -0.2) is 13.7 Å². The molecule has 6 aromatic carbocycles. The Bertz CT molecular complexity index is 3050. The van der Waals surface area contributed by atoms with Crippen molar-refractivity contribution in [3.05, 3.63) is 256 Å². The Morgan fingerprint density at radius 3 is 1.31 bits per heavy atom. The van der Waals surface area contributed by atoms with Gasteiger partial charge < -0.3 is 0 Å². The van der Waals surface area contributed by atoms with E-state index in [2.05, 4.69) is 278 Å². The summed E-state index contributed by atoms with van der Waals surface area (Å²) in [6.07, 6.45) is 6.40. The van der Waals surface area contributed by atoms with Crippen LogP contribution < -0.4 is 13.7 Å². The minimum absolute atomic E-state index is 0.283. The van der Waals surface area contributed by atoms with Crippen LogP contribution in [-0.2, 0) is 32.0 Å². The van der Waals surface area contributed by atoms with Crippen LogP contribution in [0.25, 0.3) is 33.2 Å². The van der Waals surface area contributed by atoms with Crippen molar-refractivity contribution < 1.29 is 13.7 Å². The van der Waals surface area contributed by atoms with Gasteiger partial charge in [-0.1, -0.05) is 127 Å². The van der Waals surface area contributed by atoms with Gasteiger partial charge in [0.05, 0.1) is 0 Å². The summed E-state index contributed by atoms with van der Waals surface area (Å²) in [4.78, 5) is 0. The van der Waals surface area contributed by atoms with E-state index in [9.17, 15) is 0 Å². The van der Waals surface area contributed by atoms with Gasteiger partial charge in [0.15, 0.2) is 30.0 Å². The standard InChI is InChI=1S/C33H32N.C28H30N2/c1-23-13-6-9-17-29(23)33(4,31-19-10-11-22-34(31)5)30-18-12-16-27(25(30)3)32-24(2)20-21-26-14-7-8-15-28(26)32;1-21-13-6-7-15-24(21)28(3,27-18-9-11-20-30(27)5)25-16-12-14-23(22(25)2)26-17-8-10-19-29(26)4/h6-22H,1-5H3;6-20H,1-5H3/q+1;+2. The van der Waals surface area contributed by atoms with E-state index in [1.54, 1.807) is 0 Å². The molecule has 0 fully saturated rings. The first kappa shape index (κ1) is 43.7. The first-order valence-corrected chi connectivity index (χ1v) is 22.5. The van der Waals surface area contributed by atoms with Gasteiger partial charge in [-0.2, -0.15) is 0 Å². The minimum Gasteiger partial charge on any atom is -0.204 e. The lowest BCUT2D eigenvalue weighted by molar-refractivity contribution is -0.681. The highest BCUT2D eigenvalue weighted by Gasteiger charge is 2.42. The third kappa shape index (κ3) is 7.74. The van der Waals surface area contributed by atoms with Crippen molar-refractivity contribution >= 4 is 10.8 Å². The van der Waals surface area contributed by atoms with E-state index in [-0.39, 0.29) is 10.8 Å². The SMILES string of the molecule is Cc1ccccc1C(C)(c1cccc(-c2c(C)ccc3ccccc23)c1C)c1cccc[n+]1C.Cc1ccccc1C(C)(c1cccc(-c2cccc[n+]2C)c1C)c1cccc[n+]1C. The van der Waals surface area contributed by atoms with Crippen LogP contribution in [0.2, 0.25) is 0 Å². The number of rotatable bonds is 8. The van der Waals surface area contributed by atoms with Crippen LogP contribution in [0.1, 0.15) is 75.3 Å². The average molecular weight is 837 g/mol. The molecule has 0 spiro atoms. The van der Waals surface area contributed by atoms with E-state index >= 15 is 0 Å². The Kier molecular flexibility index (Phi) is 12.3. The molecule has 0 aliphatic carbocycles. The molecule has 0 aliphatic heterocycles. The molecule has 64 heavy (non-hydrogen) atoms. The van der Waals surface area contributed by atoms with Gasteiger partial charge in [-0.3, -0.25) is 0 Å². The van der Waals surface area contributed by atoms with Gasteiger partial charge in [0.1, 0.15) is 32.0 Å². The first-order chi connectivity index (χ1) is 30.9. The maximum Gasteiger partial charge on any atom is 0.212 e. The highest BCUT2D eigenvalue weighted by atomic mass is 14.9. The van der Waals surface area contributed by atoms with Gasteiger partial charge in [-0.15, -0.1) is 0 Å². The zero-order valence-corrected chi connectivity index (χ0v) is 39.3. The number of hydrogen-bond acceptors (Lipinski definition) is 0. The van der Waals surface area contributed by atoms with Crippen LogP contribution in [0.4, 0.5) is 0 Å². The molecule has 0 N–H and O–H groups in total. The normalized spacial score (nSPS) is 13.1. The Labute approximate surface area is 381 Å². The van der Waals surface area contributed by atoms with Crippen molar-refractivity contribution in [2.24, 2.45) is 21.1 Å². The number of aromatic nitrogens is 3. The largest absolute Gasteiger partial charge is 0.212 e. The molecule has 3 heterocycles. The Morgan fingerprint density at radius 2 is 0.781 bits per heavy atom. The third-order valence-corrected chi connectivity index (χ3v) is 14.0. The Morgan fingerprint density at radius 1 is 0.344 bits per heavy atom. The van der Waals surface area contributed by atoms with Crippen LogP contribution >= 0.6 is 0 Å². The molecule has 0 radical (unpaired) electrons. The number of nitrogens with zero attached hydrogens (tertiary/aromatic N) is 3. The number of pyridine rings is 3. The number of hydrogen-bond donors (Lipinski definition) is 0. The molecule has 0 saturated heterocycles. The van der Waals surface area contributed by atoms with E-state index in [0.29, 0.717) is 0 Å². The topological polar surface area (TPSA) is 11.6 Å². The summed E-state index contributed by atoms with van der Waals surface area (Å²) in [5.74, 6) is 0. The van der Waals surface area contributed by atoms with E-state index in [1.807, 2.05) is 0 Å². The smallest absolute Gasteiger partial charge is 0.204 e. The van der Waals surface area contributed by atoms with Gasteiger partial charge in [0, 0.05) is 42.0 Å². The molecule has 3 nitrogen and oxygen atoms in total. The van der Waals surface area contributed by atoms with E-state index in [4.69, 9.17) is 0 Å². The van der Waals surface area contributed by atoms with Crippen LogP contribution in [-0.4, -0.2) is 0 Å². The molecule has 0 aliphatic rings. The molecule has 9 rings (SSSR count). The van der Waals surface area contributed by atoms with Crippen molar-refractivity contribution in [2.45, 2.75) is 59.3 Å². The van der Waals surface area contributed by atoms with Crippen molar-refractivity contribution in [3.8, 4) is 22.4 Å². The number of aryl methyl sites for hydroxylation is 6. The van der Waals surface area contributed by atoms with E-state index < -0.39 is 0 Å². The summed E-state index contributed by atoms with van der Waals surface area (Å²) in [5.41, 5.74) is 19.0. The molecule has 9 aromatic rings. The fourth-order valence-electron chi connectivity index (χ4n) is 10.6. The monoisotopic (exact) mass is 836 g/mol. The molecule has 0 bridgehead atoms. The summed E-state index contributed by atoms with van der Waals surface area (Å²) in [6.45, 7) is 16.0. The van der Waals surface area contributed by atoms with Crippen LogP contribution in [0.3, 0.4) is 0 Å². The third-order valence-electron chi connectivity index (χ3n) is 14.0. The van der Waals surface area contributed by atoms with Crippen molar-refractivity contribution in [2.75, 3.05) is 0 Å². The average Bonchev–Trinajstić information content (AvgIpc) is 3.30. The predicted octanol–water partition coefficient (Wildman–Crippen LogP) is 12.6. The number of benzene rings is 6. The molecule has 318 valence electrons. The van der Waals surface area contributed by atoms with Crippen molar-refractivity contribution in [1.29, 1.82) is 0 Å². The highest BCUT2D eigenvalue weighted by Crippen LogP contribution is 2.45.